The van der Waals surface area contributed by atoms with E-state index in [4.69, 9.17) is 5.73 Å². The summed E-state index contributed by atoms with van der Waals surface area (Å²) >= 11 is 0. The zero-order valence-electron chi connectivity index (χ0n) is 13.0. The minimum Gasteiger partial charge on any atom is -0.481 e. The molecular weight excluding hydrogens is 270 g/mol. The zero-order chi connectivity index (χ0) is 15.6. The number of amides is 1. The van der Waals surface area contributed by atoms with Gasteiger partial charge in [-0.25, -0.2) is 0 Å². The molecule has 0 aliphatic carbocycles. The molecule has 2 fully saturated rings. The van der Waals surface area contributed by atoms with Crippen molar-refractivity contribution in [3.05, 3.63) is 0 Å². The average Bonchev–Trinajstić information content (AvgIpc) is 2.88. The Morgan fingerprint density at radius 3 is 2.38 bits per heavy atom. The molecule has 0 saturated carbocycles. The predicted octanol–water partition coefficient (Wildman–Crippen LogP) is 0.369. The highest BCUT2D eigenvalue weighted by Crippen LogP contribution is 2.38. The predicted molar refractivity (Wildman–Crippen MR) is 79.8 cm³/mol. The third-order valence-electron chi connectivity index (χ3n) is 5.18. The molecule has 2 saturated heterocycles. The van der Waals surface area contributed by atoms with Crippen LogP contribution in [0, 0.1) is 11.3 Å². The van der Waals surface area contributed by atoms with Crippen molar-refractivity contribution in [2.45, 2.75) is 39.2 Å². The topological polar surface area (TPSA) is 86.9 Å². The molecule has 3 N–H and O–H groups in total. The van der Waals surface area contributed by atoms with E-state index >= 15 is 0 Å². The van der Waals surface area contributed by atoms with Crippen molar-refractivity contribution in [3.63, 3.8) is 0 Å². The SMILES string of the molecule is CC(C)C1(C(=O)O)CCN(C(=O)CN2CCC(N)CC2)C1. The van der Waals surface area contributed by atoms with Crippen LogP contribution in [0.3, 0.4) is 0 Å². The Morgan fingerprint density at radius 1 is 1.29 bits per heavy atom. The number of aliphatic carboxylic acids is 1. The van der Waals surface area contributed by atoms with Crippen LogP contribution >= 0.6 is 0 Å². The normalized spacial score (nSPS) is 28.3. The first-order valence-corrected chi connectivity index (χ1v) is 7.84. The number of piperidine rings is 1. The van der Waals surface area contributed by atoms with E-state index in [1.165, 1.54) is 0 Å². The van der Waals surface area contributed by atoms with Crippen LogP contribution in [-0.4, -0.2) is 65.5 Å². The van der Waals surface area contributed by atoms with Crippen LogP contribution in [0.1, 0.15) is 33.1 Å². The summed E-state index contributed by atoms with van der Waals surface area (Å²) in [4.78, 5) is 27.8. The van der Waals surface area contributed by atoms with Gasteiger partial charge in [0.15, 0.2) is 0 Å². The first-order chi connectivity index (χ1) is 9.85. The molecule has 0 aromatic heterocycles. The summed E-state index contributed by atoms with van der Waals surface area (Å²) in [6, 6.07) is 0.253. The monoisotopic (exact) mass is 297 g/mol. The lowest BCUT2D eigenvalue weighted by Gasteiger charge is -2.32. The van der Waals surface area contributed by atoms with Gasteiger partial charge in [-0.2, -0.15) is 0 Å². The van der Waals surface area contributed by atoms with Gasteiger partial charge in [-0.1, -0.05) is 13.8 Å². The van der Waals surface area contributed by atoms with Gasteiger partial charge in [0.2, 0.25) is 5.91 Å². The van der Waals surface area contributed by atoms with Crippen molar-refractivity contribution in [2.24, 2.45) is 17.1 Å². The Morgan fingerprint density at radius 2 is 1.90 bits per heavy atom. The average molecular weight is 297 g/mol. The van der Waals surface area contributed by atoms with Crippen molar-refractivity contribution in [3.8, 4) is 0 Å². The number of carbonyl (C=O) groups excluding carboxylic acids is 1. The van der Waals surface area contributed by atoms with E-state index in [1.54, 1.807) is 4.90 Å². The Balaban J connectivity index is 1.91. The van der Waals surface area contributed by atoms with Crippen molar-refractivity contribution in [1.82, 2.24) is 9.80 Å². The van der Waals surface area contributed by atoms with Gasteiger partial charge < -0.3 is 15.7 Å². The van der Waals surface area contributed by atoms with Crippen molar-refractivity contribution >= 4 is 11.9 Å². The van der Waals surface area contributed by atoms with Gasteiger partial charge in [0.25, 0.3) is 0 Å². The maximum Gasteiger partial charge on any atom is 0.311 e. The molecule has 6 nitrogen and oxygen atoms in total. The molecule has 120 valence electrons. The van der Waals surface area contributed by atoms with E-state index in [1.807, 2.05) is 13.8 Å². The fraction of sp³-hybridized carbons (Fsp3) is 0.867. The van der Waals surface area contributed by atoms with Crippen molar-refractivity contribution in [1.29, 1.82) is 0 Å². The fourth-order valence-electron chi connectivity index (χ4n) is 3.34. The van der Waals surface area contributed by atoms with Gasteiger partial charge >= 0.3 is 5.97 Å². The molecule has 21 heavy (non-hydrogen) atoms. The number of carboxylic acid groups (broad SMARTS) is 1. The molecule has 1 amide bonds. The summed E-state index contributed by atoms with van der Waals surface area (Å²) in [7, 11) is 0. The second kappa shape index (κ2) is 6.32. The fourth-order valence-corrected chi connectivity index (χ4v) is 3.34. The Bertz CT molecular complexity index is 405. The molecule has 1 atom stereocenters. The van der Waals surface area contributed by atoms with E-state index in [0.29, 0.717) is 26.1 Å². The summed E-state index contributed by atoms with van der Waals surface area (Å²) in [5.41, 5.74) is 5.09. The zero-order valence-corrected chi connectivity index (χ0v) is 13.0. The van der Waals surface area contributed by atoms with Crippen LogP contribution in [0.25, 0.3) is 0 Å². The lowest BCUT2D eigenvalue weighted by atomic mass is 9.76. The summed E-state index contributed by atoms with van der Waals surface area (Å²) in [6.07, 6.45) is 2.41. The molecule has 0 aromatic rings. The number of rotatable bonds is 4. The van der Waals surface area contributed by atoms with Crippen LogP contribution in [0.15, 0.2) is 0 Å². The first-order valence-electron chi connectivity index (χ1n) is 7.84. The lowest BCUT2D eigenvalue weighted by Crippen LogP contribution is -2.46. The molecule has 0 spiro atoms. The minimum absolute atomic E-state index is 0.0285. The minimum atomic E-state index is -0.781. The van der Waals surface area contributed by atoms with Gasteiger partial charge in [-0.15, -0.1) is 0 Å². The highest BCUT2D eigenvalue weighted by atomic mass is 16.4. The Labute approximate surface area is 126 Å². The largest absolute Gasteiger partial charge is 0.481 e. The third kappa shape index (κ3) is 3.37. The summed E-state index contributed by atoms with van der Waals surface area (Å²) in [6.45, 7) is 6.84. The van der Waals surface area contributed by atoms with E-state index in [-0.39, 0.29) is 17.9 Å². The van der Waals surface area contributed by atoms with Gasteiger partial charge in [0.05, 0.1) is 12.0 Å². The van der Waals surface area contributed by atoms with E-state index in [9.17, 15) is 14.7 Å². The van der Waals surface area contributed by atoms with E-state index in [2.05, 4.69) is 4.90 Å². The standard InChI is InChI=1S/C15H27N3O3/c1-11(2)15(14(20)21)5-8-18(10-15)13(19)9-17-6-3-12(16)4-7-17/h11-12H,3-10,16H2,1-2H3,(H,20,21). The Hall–Kier alpha value is -1.14. The highest BCUT2D eigenvalue weighted by Gasteiger charge is 2.48. The van der Waals surface area contributed by atoms with Crippen LogP contribution in [0.2, 0.25) is 0 Å². The van der Waals surface area contributed by atoms with Crippen molar-refractivity contribution < 1.29 is 14.7 Å². The van der Waals surface area contributed by atoms with E-state index < -0.39 is 11.4 Å². The number of carbonyl (C=O) groups is 2. The van der Waals surface area contributed by atoms with Gasteiger partial charge in [-0.05, 0) is 25.2 Å². The maximum absolute atomic E-state index is 12.4. The molecule has 0 aromatic carbocycles. The molecule has 2 aliphatic rings. The smallest absolute Gasteiger partial charge is 0.311 e. The van der Waals surface area contributed by atoms with Crippen LogP contribution < -0.4 is 5.73 Å². The number of nitrogens with zero attached hydrogens (tertiary/aromatic N) is 2. The Kier molecular flexibility index (Phi) is 4.88. The second-order valence-corrected chi connectivity index (χ2v) is 6.79. The van der Waals surface area contributed by atoms with Crippen LogP contribution in [-0.2, 0) is 9.59 Å². The second-order valence-electron chi connectivity index (χ2n) is 6.79. The lowest BCUT2D eigenvalue weighted by molar-refractivity contribution is -0.151. The summed E-state index contributed by atoms with van der Waals surface area (Å²) in [5, 5.41) is 9.52. The molecule has 2 aliphatic heterocycles. The van der Waals surface area contributed by atoms with E-state index in [0.717, 1.165) is 25.9 Å². The number of hydrogen-bond acceptors (Lipinski definition) is 4. The third-order valence-corrected chi connectivity index (χ3v) is 5.18. The molecule has 2 rings (SSSR count). The van der Waals surface area contributed by atoms with Gasteiger partial charge in [-0.3, -0.25) is 14.5 Å². The number of hydrogen-bond donors (Lipinski definition) is 2. The molecule has 2 heterocycles. The number of likely N-dealkylation sites (tertiary alicyclic amines) is 2. The summed E-state index contributed by atoms with van der Waals surface area (Å²) in [5.74, 6) is -0.702. The molecule has 0 bridgehead atoms. The number of carboxylic acids is 1. The van der Waals surface area contributed by atoms with Crippen LogP contribution in [0.5, 0.6) is 0 Å². The first kappa shape index (κ1) is 16.2. The molecule has 0 radical (unpaired) electrons. The van der Waals surface area contributed by atoms with Gasteiger partial charge in [0, 0.05) is 32.2 Å². The highest BCUT2D eigenvalue weighted by molar-refractivity contribution is 5.82. The quantitative estimate of drug-likeness (QED) is 0.783. The number of nitrogens with two attached hydrogens (primary N) is 1. The van der Waals surface area contributed by atoms with Crippen LogP contribution in [0.4, 0.5) is 0 Å². The molecule has 1 unspecified atom stereocenters. The molecular formula is C15H27N3O3. The molecule has 6 heteroatoms. The summed E-state index contributed by atoms with van der Waals surface area (Å²) < 4.78 is 0. The maximum atomic E-state index is 12.4. The van der Waals surface area contributed by atoms with Crippen molar-refractivity contribution in [2.75, 3.05) is 32.7 Å². The van der Waals surface area contributed by atoms with Gasteiger partial charge in [0.1, 0.15) is 0 Å².